The van der Waals surface area contributed by atoms with Crippen LogP contribution in [0.5, 0.6) is 5.75 Å². The normalized spacial score (nSPS) is 17.5. The molecule has 0 amide bonds. The predicted octanol–water partition coefficient (Wildman–Crippen LogP) is 4.00. The highest BCUT2D eigenvalue weighted by molar-refractivity contribution is 6.33. The van der Waals surface area contributed by atoms with Gasteiger partial charge in [0.05, 0.1) is 30.3 Å². The second kappa shape index (κ2) is 8.61. The largest absolute Gasteiger partial charge is 0.491 e. The van der Waals surface area contributed by atoms with Crippen molar-refractivity contribution in [1.82, 2.24) is 9.97 Å². The van der Waals surface area contributed by atoms with Gasteiger partial charge in [-0.05, 0) is 30.9 Å². The Morgan fingerprint density at radius 1 is 1.33 bits per heavy atom. The maximum Gasteiger partial charge on any atom is 0.224 e. The molecule has 7 nitrogen and oxygen atoms in total. The first-order chi connectivity index (χ1) is 14.4. The molecule has 2 aliphatic rings. The van der Waals surface area contributed by atoms with Gasteiger partial charge >= 0.3 is 0 Å². The lowest BCUT2D eigenvalue weighted by molar-refractivity contribution is -0.0732. The number of ether oxygens (including phenoxy) is 2. The van der Waals surface area contributed by atoms with Gasteiger partial charge in [0, 0.05) is 44.3 Å². The van der Waals surface area contributed by atoms with E-state index in [1.807, 2.05) is 4.90 Å². The van der Waals surface area contributed by atoms with Crippen LogP contribution in [-0.2, 0) is 4.74 Å². The average Bonchev–Trinajstić information content (AvgIpc) is 2.64. The SMILES string of the molecule is COC1CC2(C1)CN(c1cc(OCCCNc3nc(Cl)ncc3Cl)c(N)cc1F)C2. The number of anilines is 3. The summed E-state index contributed by atoms with van der Waals surface area (Å²) in [6, 6.07) is 3.02. The Labute approximate surface area is 184 Å². The third-order valence-electron chi connectivity index (χ3n) is 5.71. The topological polar surface area (TPSA) is 85.5 Å². The molecule has 0 radical (unpaired) electrons. The molecular formula is C20H24Cl2FN5O2. The first kappa shape index (κ1) is 21.2. The second-order valence-electron chi connectivity index (χ2n) is 7.93. The van der Waals surface area contributed by atoms with Crippen LogP contribution in [0.25, 0.3) is 0 Å². The highest BCUT2D eigenvalue weighted by atomic mass is 35.5. The van der Waals surface area contributed by atoms with Gasteiger partial charge < -0.3 is 25.4 Å². The monoisotopic (exact) mass is 455 g/mol. The predicted molar refractivity (Wildman–Crippen MR) is 116 cm³/mol. The number of nitrogens with one attached hydrogen (secondary N) is 1. The smallest absolute Gasteiger partial charge is 0.224 e. The number of hydrogen-bond acceptors (Lipinski definition) is 7. The molecular weight excluding hydrogens is 432 g/mol. The van der Waals surface area contributed by atoms with E-state index in [0.717, 1.165) is 25.9 Å². The summed E-state index contributed by atoms with van der Waals surface area (Å²) in [4.78, 5) is 9.87. The molecule has 1 aromatic heterocycles. The molecule has 4 rings (SSSR count). The van der Waals surface area contributed by atoms with Crippen LogP contribution in [0.15, 0.2) is 18.3 Å². The highest BCUT2D eigenvalue weighted by Crippen LogP contribution is 2.51. The fourth-order valence-electron chi connectivity index (χ4n) is 4.12. The summed E-state index contributed by atoms with van der Waals surface area (Å²) in [5.74, 6) is 0.631. The average molecular weight is 456 g/mol. The molecule has 30 heavy (non-hydrogen) atoms. The van der Waals surface area contributed by atoms with Gasteiger partial charge in [-0.2, -0.15) is 4.98 Å². The molecule has 162 valence electrons. The number of aromatic nitrogens is 2. The minimum atomic E-state index is -0.325. The van der Waals surface area contributed by atoms with Crippen molar-refractivity contribution in [2.45, 2.75) is 25.4 Å². The van der Waals surface area contributed by atoms with Gasteiger partial charge in [-0.25, -0.2) is 9.37 Å². The molecule has 1 aromatic carbocycles. The van der Waals surface area contributed by atoms with Crippen LogP contribution in [-0.4, -0.2) is 49.4 Å². The Hall–Kier alpha value is -2.03. The number of benzene rings is 1. The molecule has 1 aliphatic heterocycles. The standard InChI is InChI=1S/C20H24Cl2FN5O2/c1-29-12-7-20(8-12)10-28(11-20)16-6-17(15(24)5-14(16)23)30-4-2-3-25-18-13(21)9-26-19(22)27-18/h5-6,9,12H,2-4,7-8,10-11,24H2,1H3,(H,25,26,27). The second-order valence-corrected chi connectivity index (χ2v) is 8.67. The van der Waals surface area contributed by atoms with Crippen molar-refractivity contribution >= 4 is 40.4 Å². The number of nitrogen functional groups attached to an aromatic ring is 1. The quantitative estimate of drug-likeness (QED) is 0.353. The molecule has 1 saturated heterocycles. The van der Waals surface area contributed by atoms with Crippen LogP contribution < -0.4 is 20.7 Å². The van der Waals surface area contributed by atoms with Crippen molar-refractivity contribution in [1.29, 1.82) is 0 Å². The van der Waals surface area contributed by atoms with Crippen molar-refractivity contribution in [3.63, 3.8) is 0 Å². The Morgan fingerprint density at radius 2 is 2.10 bits per heavy atom. The van der Waals surface area contributed by atoms with E-state index < -0.39 is 0 Å². The summed E-state index contributed by atoms with van der Waals surface area (Å²) in [6.45, 7) is 2.63. The maximum atomic E-state index is 14.5. The first-order valence-electron chi connectivity index (χ1n) is 9.81. The Balaban J connectivity index is 1.28. The van der Waals surface area contributed by atoms with Gasteiger partial charge in [0.2, 0.25) is 5.28 Å². The minimum absolute atomic E-state index is 0.122. The zero-order chi connectivity index (χ0) is 21.3. The molecule has 1 spiro atoms. The third kappa shape index (κ3) is 4.36. The lowest BCUT2D eigenvalue weighted by Crippen LogP contribution is -2.64. The van der Waals surface area contributed by atoms with Crippen molar-refractivity contribution in [3.05, 3.63) is 34.5 Å². The molecule has 2 heterocycles. The molecule has 0 unspecified atom stereocenters. The van der Waals surface area contributed by atoms with Crippen LogP contribution in [0.3, 0.4) is 0 Å². The van der Waals surface area contributed by atoms with Gasteiger partial charge in [-0.1, -0.05) is 11.6 Å². The van der Waals surface area contributed by atoms with E-state index >= 15 is 0 Å². The van der Waals surface area contributed by atoms with Crippen molar-refractivity contribution in [3.8, 4) is 5.75 Å². The van der Waals surface area contributed by atoms with Crippen LogP contribution in [0.4, 0.5) is 21.6 Å². The van der Waals surface area contributed by atoms with Crippen molar-refractivity contribution in [2.75, 3.05) is 49.3 Å². The van der Waals surface area contributed by atoms with Crippen LogP contribution in [0.2, 0.25) is 10.3 Å². The first-order valence-corrected chi connectivity index (χ1v) is 10.6. The zero-order valence-electron chi connectivity index (χ0n) is 16.6. The van der Waals surface area contributed by atoms with E-state index in [0.29, 0.717) is 48.0 Å². The number of hydrogen-bond donors (Lipinski definition) is 2. The fourth-order valence-corrected chi connectivity index (χ4v) is 4.41. The lowest BCUT2D eigenvalue weighted by atomic mass is 9.61. The summed E-state index contributed by atoms with van der Waals surface area (Å²) >= 11 is 11.8. The van der Waals surface area contributed by atoms with E-state index in [1.54, 1.807) is 13.2 Å². The Kier molecular flexibility index (Phi) is 6.09. The van der Waals surface area contributed by atoms with E-state index in [2.05, 4.69) is 15.3 Å². The molecule has 2 aromatic rings. The maximum absolute atomic E-state index is 14.5. The van der Waals surface area contributed by atoms with Crippen LogP contribution in [0, 0.1) is 11.2 Å². The van der Waals surface area contributed by atoms with E-state index in [9.17, 15) is 4.39 Å². The summed E-state index contributed by atoms with van der Waals surface area (Å²) in [7, 11) is 1.74. The molecule has 0 bridgehead atoms. The number of methoxy groups -OCH3 is 1. The van der Waals surface area contributed by atoms with E-state index in [4.69, 9.17) is 38.4 Å². The van der Waals surface area contributed by atoms with Gasteiger partial charge in [0.15, 0.2) is 0 Å². The highest BCUT2D eigenvalue weighted by Gasteiger charge is 2.53. The summed E-state index contributed by atoms with van der Waals surface area (Å²) < 4.78 is 25.6. The Bertz CT molecular complexity index is 918. The fraction of sp³-hybridized carbons (Fsp3) is 0.500. The van der Waals surface area contributed by atoms with Crippen molar-refractivity contribution < 1.29 is 13.9 Å². The molecule has 1 aliphatic carbocycles. The number of nitrogens with zero attached hydrogens (tertiary/aromatic N) is 3. The van der Waals surface area contributed by atoms with Crippen LogP contribution in [0.1, 0.15) is 19.3 Å². The number of nitrogens with two attached hydrogens (primary N) is 1. The molecule has 0 atom stereocenters. The lowest BCUT2D eigenvalue weighted by Gasteiger charge is -2.59. The third-order valence-corrected chi connectivity index (χ3v) is 6.17. The van der Waals surface area contributed by atoms with Gasteiger partial charge in [-0.15, -0.1) is 0 Å². The summed E-state index contributed by atoms with van der Waals surface area (Å²) in [5, 5.41) is 3.60. The van der Waals surface area contributed by atoms with E-state index in [-0.39, 0.29) is 22.2 Å². The summed E-state index contributed by atoms with van der Waals surface area (Å²) in [6.07, 6.45) is 4.51. The number of halogens is 3. The van der Waals surface area contributed by atoms with Gasteiger partial charge in [0.25, 0.3) is 0 Å². The molecule has 2 fully saturated rings. The van der Waals surface area contributed by atoms with Gasteiger partial charge in [-0.3, -0.25) is 0 Å². The molecule has 3 N–H and O–H groups in total. The zero-order valence-corrected chi connectivity index (χ0v) is 18.1. The van der Waals surface area contributed by atoms with Crippen LogP contribution >= 0.6 is 23.2 Å². The van der Waals surface area contributed by atoms with E-state index in [1.165, 1.54) is 12.3 Å². The molecule has 1 saturated carbocycles. The molecule has 10 heteroatoms. The minimum Gasteiger partial charge on any atom is -0.491 e. The Morgan fingerprint density at radius 3 is 2.83 bits per heavy atom. The van der Waals surface area contributed by atoms with Gasteiger partial charge in [0.1, 0.15) is 22.4 Å². The number of rotatable bonds is 8. The van der Waals surface area contributed by atoms with Crippen molar-refractivity contribution in [2.24, 2.45) is 5.41 Å². The summed E-state index contributed by atoms with van der Waals surface area (Å²) in [5.41, 5.74) is 7.04.